The molecule has 0 saturated carbocycles. The summed E-state index contributed by atoms with van der Waals surface area (Å²) in [4.78, 5) is 11.6. The number of nitrogens with zero attached hydrogens (tertiary/aromatic N) is 3. The van der Waals surface area contributed by atoms with Crippen LogP contribution < -0.4 is 0 Å². The molecular weight excluding hydrogens is 182 g/mol. The molecule has 50 valence electrons. The quantitative estimate of drug-likeness (QED) is 0.614. The number of hydrogen-bond acceptors (Lipinski definition) is 3. The maximum Gasteiger partial charge on any atom is 0.129 e. The Morgan fingerprint density at radius 2 is 1.56 bits per heavy atom. The van der Waals surface area contributed by atoms with Crippen LogP contribution in [-0.4, -0.2) is 15.0 Å². The zero-order chi connectivity index (χ0) is 5.98. The SMILES string of the molecule is Br.Cc1ncnc(C)n1. The lowest BCUT2D eigenvalue weighted by Gasteiger charge is -1.88. The van der Waals surface area contributed by atoms with Gasteiger partial charge in [-0.15, -0.1) is 17.0 Å². The summed E-state index contributed by atoms with van der Waals surface area (Å²) < 4.78 is 0. The normalized spacial score (nSPS) is 8.22. The predicted octanol–water partition coefficient (Wildman–Crippen LogP) is 1.07. The van der Waals surface area contributed by atoms with E-state index >= 15 is 0 Å². The molecule has 0 saturated heterocycles. The van der Waals surface area contributed by atoms with Crippen LogP contribution in [0.25, 0.3) is 0 Å². The Bertz CT molecular complexity index is 172. The summed E-state index contributed by atoms with van der Waals surface area (Å²) in [5.74, 6) is 1.55. The average Bonchev–Trinajstić information content (AvgIpc) is 1.64. The second-order valence-electron chi connectivity index (χ2n) is 1.58. The summed E-state index contributed by atoms with van der Waals surface area (Å²) in [6.07, 6.45) is 1.51. The third kappa shape index (κ3) is 2.51. The van der Waals surface area contributed by atoms with Crippen LogP contribution in [0.2, 0.25) is 0 Å². The third-order valence-corrected chi connectivity index (χ3v) is 0.813. The molecule has 0 atom stereocenters. The Morgan fingerprint density at radius 1 is 1.11 bits per heavy atom. The van der Waals surface area contributed by atoms with Crippen LogP contribution in [0.3, 0.4) is 0 Å². The van der Waals surface area contributed by atoms with E-state index in [9.17, 15) is 0 Å². The van der Waals surface area contributed by atoms with Crippen molar-refractivity contribution in [1.82, 2.24) is 15.0 Å². The Balaban J connectivity index is 0.000000640. The number of aromatic nitrogens is 3. The van der Waals surface area contributed by atoms with E-state index in [1.54, 1.807) is 0 Å². The van der Waals surface area contributed by atoms with Gasteiger partial charge in [-0.2, -0.15) is 0 Å². The first kappa shape index (κ1) is 8.49. The average molecular weight is 190 g/mol. The van der Waals surface area contributed by atoms with E-state index in [0.29, 0.717) is 0 Å². The van der Waals surface area contributed by atoms with E-state index in [-0.39, 0.29) is 17.0 Å². The number of halogens is 1. The predicted molar refractivity (Wildman–Crippen MR) is 39.6 cm³/mol. The Labute approximate surface area is 64.3 Å². The van der Waals surface area contributed by atoms with Gasteiger partial charge >= 0.3 is 0 Å². The highest BCUT2D eigenvalue weighted by Gasteiger charge is 1.84. The molecule has 0 aliphatic carbocycles. The number of aryl methyl sites for hydroxylation is 2. The second kappa shape index (κ2) is 3.50. The minimum absolute atomic E-state index is 0. The van der Waals surface area contributed by atoms with E-state index in [0.717, 1.165) is 11.6 Å². The molecule has 0 N–H and O–H groups in total. The molecule has 1 aromatic rings. The lowest BCUT2D eigenvalue weighted by molar-refractivity contribution is 0.920. The van der Waals surface area contributed by atoms with Gasteiger partial charge in [0, 0.05) is 0 Å². The van der Waals surface area contributed by atoms with Crippen LogP contribution in [0.15, 0.2) is 6.33 Å². The molecule has 0 aliphatic rings. The molecule has 1 heterocycles. The standard InChI is InChI=1S/C5H7N3.BrH/c1-4-6-3-7-5(2)8-4;/h3H,1-2H3;1H. The van der Waals surface area contributed by atoms with Crippen molar-refractivity contribution < 1.29 is 0 Å². The molecule has 1 aromatic heterocycles. The van der Waals surface area contributed by atoms with Gasteiger partial charge in [0.05, 0.1) is 0 Å². The Kier molecular flexibility index (Phi) is 3.30. The number of rotatable bonds is 0. The lowest BCUT2D eigenvalue weighted by Crippen LogP contribution is -1.91. The van der Waals surface area contributed by atoms with Crippen molar-refractivity contribution in [1.29, 1.82) is 0 Å². The van der Waals surface area contributed by atoms with Gasteiger partial charge in [-0.25, -0.2) is 15.0 Å². The smallest absolute Gasteiger partial charge is 0.129 e. The summed E-state index contributed by atoms with van der Waals surface area (Å²) in [7, 11) is 0. The largest absolute Gasteiger partial charge is 0.222 e. The second-order valence-corrected chi connectivity index (χ2v) is 1.58. The van der Waals surface area contributed by atoms with Crippen LogP contribution in [0.5, 0.6) is 0 Å². The summed E-state index contributed by atoms with van der Waals surface area (Å²) in [6.45, 7) is 3.68. The van der Waals surface area contributed by atoms with Gasteiger partial charge in [0.2, 0.25) is 0 Å². The van der Waals surface area contributed by atoms with Crippen molar-refractivity contribution in [2.45, 2.75) is 13.8 Å². The summed E-state index contributed by atoms with van der Waals surface area (Å²) in [5.41, 5.74) is 0. The maximum absolute atomic E-state index is 3.95. The van der Waals surface area contributed by atoms with Crippen LogP contribution in [0, 0.1) is 13.8 Å². The fraction of sp³-hybridized carbons (Fsp3) is 0.400. The van der Waals surface area contributed by atoms with E-state index in [1.165, 1.54) is 6.33 Å². The van der Waals surface area contributed by atoms with Gasteiger partial charge in [-0.3, -0.25) is 0 Å². The topological polar surface area (TPSA) is 38.7 Å². The first-order valence-corrected chi connectivity index (χ1v) is 2.41. The summed E-state index contributed by atoms with van der Waals surface area (Å²) >= 11 is 0. The van der Waals surface area contributed by atoms with Gasteiger partial charge in [0.25, 0.3) is 0 Å². The molecule has 4 heteroatoms. The molecule has 3 nitrogen and oxygen atoms in total. The molecule has 0 spiro atoms. The van der Waals surface area contributed by atoms with E-state index in [2.05, 4.69) is 15.0 Å². The molecule has 0 amide bonds. The van der Waals surface area contributed by atoms with Crippen molar-refractivity contribution in [3.8, 4) is 0 Å². The van der Waals surface area contributed by atoms with Gasteiger partial charge < -0.3 is 0 Å². The maximum atomic E-state index is 3.95. The zero-order valence-corrected chi connectivity index (χ0v) is 7.04. The zero-order valence-electron chi connectivity index (χ0n) is 5.33. The van der Waals surface area contributed by atoms with Gasteiger partial charge in [0.1, 0.15) is 18.0 Å². The van der Waals surface area contributed by atoms with Gasteiger partial charge in [0.15, 0.2) is 0 Å². The van der Waals surface area contributed by atoms with E-state index < -0.39 is 0 Å². The Hall–Kier alpha value is -0.510. The summed E-state index contributed by atoms with van der Waals surface area (Å²) in [5, 5.41) is 0. The highest BCUT2D eigenvalue weighted by molar-refractivity contribution is 8.93. The van der Waals surface area contributed by atoms with E-state index in [4.69, 9.17) is 0 Å². The first-order valence-electron chi connectivity index (χ1n) is 2.41. The lowest BCUT2D eigenvalue weighted by atomic mass is 10.6. The molecule has 0 aliphatic heterocycles. The van der Waals surface area contributed by atoms with Crippen molar-refractivity contribution in [2.24, 2.45) is 0 Å². The molecule has 0 unspecified atom stereocenters. The molecule has 1 rings (SSSR count). The van der Waals surface area contributed by atoms with Crippen molar-refractivity contribution >= 4 is 17.0 Å². The monoisotopic (exact) mass is 189 g/mol. The highest BCUT2D eigenvalue weighted by Crippen LogP contribution is 1.83. The van der Waals surface area contributed by atoms with Gasteiger partial charge in [-0.05, 0) is 13.8 Å². The molecule has 0 fully saturated rings. The minimum Gasteiger partial charge on any atom is -0.222 e. The minimum atomic E-state index is 0. The van der Waals surface area contributed by atoms with E-state index in [1.807, 2.05) is 13.8 Å². The van der Waals surface area contributed by atoms with Crippen LogP contribution in [0.1, 0.15) is 11.6 Å². The van der Waals surface area contributed by atoms with Gasteiger partial charge in [-0.1, -0.05) is 0 Å². The number of hydrogen-bond donors (Lipinski definition) is 0. The summed E-state index contributed by atoms with van der Waals surface area (Å²) in [6, 6.07) is 0. The first-order chi connectivity index (χ1) is 3.79. The van der Waals surface area contributed by atoms with Crippen LogP contribution in [-0.2, 0) is 0 Å². The molecule has 0 bridgehead atoms. The fourth-order valence-corrected chi connectivity index (χ4v) is 0.488. The van der Waals surface area contributed by atoms with Crippen LogP contribution in [0.4, 0.5) is 0 Å². The third-order valence-electron chi connectivity index (χ3n) is 0.813. The molecular formula is C5H8BrN3. The molecule has 0 radical (unpaired) electrons. The van der Waals surface area contributed by atoms with Crippen molar-refractivity contribution in [3.05, 3.63) is 18.0 Å². The molecule has 9 heavy (non-hydrogen) atoms. The highest BCUT2D eigenvalue weighted by atomic mass is 79.9. The van der Waals surface area contributed by atoms with Crippen molar-refractivity contribution in [2.75, 3.05) is 0 Å². The fourth-order valence-electron chi connectivity index (χ4n) is 0.488. The Morgan fingerprint density at radius 3 is 1.78 bits per heavy atom. The van der Waals surface area contributed by atoms with Crippen LogP contribution >= 0.6 is 17.0 Å². The molecule has 0 aromatic carbocycles. The van der Waals surface area contributed by atoms with Crippen molar-refractivity contribution in [3.63, 3.8) is 0 Å².